The molecule has 1 unspecified atom stereocenters. The summed E-state index contributed by atoms with van der Waals surface area (Å²) >= 11 is 1.63. The minimum atomic E-state index is 0. The van der Waals surface area contributed by atoms with Gasteiger partial charge in [0.1, 0.15) is 5.01 Å². The van der Waals surface area contributed by atoms with Crippen molar-refractivity contribution in [2.24, 2.45) is 5.92 Å². The first-order valence-electron chi connectivity index (χ1n) is 6.53. The van der Waals surface area contributed by atoms with E-state index < -0.39 is 0 Å². The fourth-order valence-electron chi connectivity index (χ4n) is 2.33. The molecule has 2 rings (SSSR count). The average Bonchev–Trinajstić information content (AvgIpc) is 2.62. The Hall–Kier alpha value is -0.650. The van der Waals surface area contributed by atoms with Crippen LogP contribution in [0, 0.1) is 12.8 Å². The third-order valence-electron chi connectivity index (χ3n) is 3.34. The van der Waals surface area contributed by atoms with E-state index in [-0.39, 0.29) is 24.2 Å². The van der Waals surface area contributed by atoms with Crippen LogP contribution in [0.5, 0.6) is 0 Å². The molecule has 0 radical (unpaired) electrons. The second-order valence-electron chi connectivity index (χ2n) is 4.95. The van der Waals surface area contributed by atoms with E-state index in [9.17, 15) is 4.79 Å². The van der Waals surface area contributed by atoms with E-state index in [0.717, 1.165) is 43.1 Å². The molecule has 1 aliphatic rings. The third kappa shape index (κ3) is 4.75. The van der Waals surface area contributed by atoms with E-state index in [1.54, 1.807) is 11.3 Å². The molecule has 1 atom stereocenters. The molecule has 1 fully saturated rings. The van der Waals surface area contributed by atoms with Crippen molar-refractivity contribution in [1.82, 2.24) is 15.2 Å². The quantitative estimate of drug-likeness (QED) is 0.931. The van der Waals surface area contributed by atoms with Crippen molar-refractivity contribution in [2.45, 2.75) is 32.7 Å². The van der Waals surface area contributed by atoms with Gasteiger partial charge in [-0.2, -0.15) is 0 Å². The molecule has 2 heterocycles. The van der Waals surface area contributed by atoms with Gasteiger partial charge in [-0.3, -0.25) is 4.79 Å². The normalized spacial score (nSPS) is 19.4. The van der Waals surface area contributed by atoms with E-state index >= 15 is 0 Å². The highest BCUT2D eigenvalue weighted by Crippen LogP contribution is 2.18. The lowest BCUT2D eigenvalue weighted by molar-refractivity contribution is -0.135. The average molecular weight is 304 g/mol. The van der Waals surface area contributed by atoms with Gasteiger partial charge in [0.05, 0.1) is 6.54 Å². The van der Waals surface area contributed by atoms with E-state index in [4.69, 9.17) is 0 Å². The molecule has 1 aromatic heterocycles. The first-order chi connectivity index (χ1) is 8.66. The number of hydrogen-bond donors (Lipinski definition) is 1. The lowest BCUT2D eigenvalue weighted by atomic mass is 9.99. The highest BCUT2D eigenvalue weighted by Gasteiger charge is 2.23. The van der Waals surface area contributed by atoms with Crippen LogP contribution in [0.3, 0.4) is 0 Å². The van der Waals surface area contributed by atoms with Gasteiger partial charge in [-0.15, -0.1) is 23.7 Å². The Morgan fingerprint density at radius 2 is 2.32 bits per heavy atom. The zero-order chi connectivity index (χ0) is 13.0. The fourth-order valence-corrected chi connectivity index (χ4v) is 3.16. The number of aryl methyl sites for hydroxylation is 1. The minimum absolute atomic E-state index is 0. The van der Waals surface area contributed by atoms with Gasteiger partial charge in [-0.1, -0.05) is 0 Å². The standard InChI is InChI=1S/C13H21N3OS.ClH/c1-10-9-18-12(15-10)8-16(2)13(17)11-4-3-6-14-7-5-11;/h9,11,14H,3-8H2,1-2H3;1H. The number of rotatable bonds is 3. The minimum Gasteiger partial charge on any atom is -0.339 e. The van der Waals surface area contributed by atoms with Crippen LogP contribution < -0.4 is 5.32 Å². The molecule has 1 aliphatic heterocycles. The number of hydrogen-bond acceptors (Lipinski definition) is 4. The Bertz CT molecular complexity index is 402. The Kier molecular flexibility index (Phi) is 6.75. The van der Waals surface area contributed by atoms with Crippen LogP contribution in [0.2, 0.25) is 0 Å². The number of carbonyl (C=O) groups excluding carboxylic acids is 1. The van der Waals surface area contributed by atoms with Crippen molar-refractivity contribution in [3.05, 3.63) is 16.1 Å². The van der Waals surface area contributed by atoms with Crippen molar-refractivity contribution in [3.8, 4) is 0 Å². The van der Waals surface area contributed by atoms with Crippen LogP contribution in [0.15, 0.2) is 5.38 Å². The number of aromatic nitrogens is 1. The lowest BCUT2D eigenvalue weighted by Gasteiger charge is -2.21. The number of carbonyl (C=O) groups is 1. The molecule has 108 valence electrons. The summed E-state index contributed by atoms with van der Waals surface area (Å²) in [7, 11) is 1.89. The van der Waals surface area contributed by atoms with Gasteiger partial charge in [-0.25, -0.2) is 4.98 Å². The highest BCUT2D eigenvalue weighted by molar-refractivity contribution is 7.09. The largest absolute Gasteiger partial charge is 0.339 e. The molecule has 1 amide bonds. The molecule has 0 spiro atoms. The summed E-state index contributed by atoms with van der Waals surface area (Å²) in [5.41, 5.74) is 1.04. The third-order valence-corrected chi connectivity index (χ3v) is 4.29. The molecule has 1 saturated heterocycles. The lowest BCUT2D eigenvalue weighted by Crippen LogP contribution is -2.33. The predicted octanol–water partition coefficient (Wildman–Crippen LogP) is 2.22. The molecular weight excluding hydrogens is 282 g/mol. The maximum Gasteiger partial charge on any atom is 0.225 e. The van der Waals surface area contributed by atoms with E-state index in [1.807, 2.05) is 24.3 Å². The van der Waals surface area contributed by atoms with Gasteiger partial charge < -0.3 is 10.2 Å². The summed E-state index contributed by atoms with van der Waals surface area (Å²) in [5.74, 6) is 0.456. The number of thiazole rings is 1. The Morgan fingerprint density at radius 1 is 1.53 bits per heavy atom. The Balaban J connectivity index is 0.00000180. The van der Waals surface area contributed by atoms with Crippen molar-refractivity contribution < 1.29 is 4.79 Å². The smallest absolute Gasteiger partial charge is 0.225 e. The topological polar surface area (TPSA) is 45.2 Å². The zero-order valence-electron chi connectivity index (χ0n) is 11.5. The van der Waals surface area contributed by atoms with Crippen LogP contribution in [-0.2, 0) is 11.3 Å². The maximum absolute atomic E-state index is 12.3. The van der Waals surface area contributed by atoms with Gasteiger partial charge >= 0.3 is 0 Å². The van der Waals surface area contributed by atoms with Gasteiger partial charge in [-0.05, 0) is 39.3 Å². The maximum atomic E-state index is 12.3. The molecule has 1 aromatic rings. The van der Waals surface area contributed by atoms with E-state index in [2.05, 4.69) is 10.3 Å². The van der Waals surface area contributed by atoms with Crippen LogP contribution >= 0.6 is 23.7 Å². The first kappa shape index (κ1) is 16.4. The monoisotopic (exact) mass is 303 g/mol. The summed E-state index contributed by atoms with van der Waals surface area (Å²) in [6.45, 7) is 4.62. The molecule has 0 saturated carbocycles. The molecular formula is C13H22ClN3OS. The predicted molar refractivity (Wildman–Crippen MR) is 80.8 cm³/mol. The van der Waals surface area contributed by atoms with Crippen molar-refractivity contribution >= 4 is 29.7 Å². The van der Waals surface area contributed by atoms with Gasteiger partial charge in [0.25, 0.3) is 0 Å². The Morgan fingerprint density at radius 3 is 3.00 bits per heavy atom. The number of nitrogens with zero attached hydrogens (tertiary/aromatic N) is 2. The SMILES string of the molecule is Cc1csc(CN(C)C(=O)C2CCCNCC2)n1.Cl. The zero-order valence-corrected chi connectivity index (χ0v) is 13.1. The molecule has 6 heteroatoms. The molecule has 4 nitrogen and oxygen atoms in total. The van der Waals surface area contributed by atoms with Crippen LogP contribution in [0.25, 0.3) is 0 Å². The molecule has 1 N–H and O–H groups in total. The first-order valence-corrected chi connectivity index (χ1v) is 7.41. The van der Waals surface area contributed by atoms with Crippen LogP contribution in [-0.4, -0.2) is 35.9 Å². The van der Waals surface area contributed by atoms with E-state index in [0.29, 0.717) is 6.54 Å². The van der Waals surface area contributed by atoms with Gasteiger partial charge in [0.2, 0.25) is 5.91 Å². The summed E-state index contributed by atoms with van der Waals surface area (Å²) in [5, 5.41) is 6.40. The summed E-state index contributed by atoms with van der Waals surface area (Å²) in [6, 6.07) is 0. The fraction of sp³-hybridized carbons (Fsp3) is 0.692. The number of nitrogens with one attached hydrogen (secondary N) is 1. The highest BCUT2D eigenvalue weighted by atomic mass is 35.5. The van der Waals surface area contributed by atoms with Crippen molar-refractivity contribution in [3.63, 3.8) is 0 Å². The van der Waals surface area contributed by atoms with Crippen molar-refractivity contribution in [2.75, 3.05) is 20.1 Å². The molecule has 0 bridgehead atoms. The van der Waals surface area contributed by atoms with Gasteiger partial charge in [0.15, 0.2) is 0 Å². The van der Waals surface area contributed by atoms with Crippen molar-refractivity contribution in [1.29, 1.82) is 0 Å². The van der Waals surface area contributed by atoms with Crippen LogP contribution in [0.4, 0.5) is 0 Å². The second kappa shape index (κ2) is 7.82. The van der Waals surface area contributed by atoms with E-state index in [1.165, 1.54) is 0 Å². The molecule has 0 aliphatic carbocycles. The summed E-state index contributed by atoms with van der Waals surface area (Å²) in [4.78, 5) is 18.6. The summed E-state index contributed by atoms with van der Waals surface area (Å²) < 4.78 is 0. The summed E-state index contributed by atoms with van der Waals surface area (Å²) in [6.07, 6.45) is 3.06. The number of amides is 1. The molecule has 19 heavy (non-hydrogen) atoms. The van der Waals surface area contributed by atoms with Gasteiger partial charge in [0, 0.05) is 24.0 Å². The van der Waals surface area contributed by atoms with Crippen LogP contribution in [0.1, 0.15) is 30.0 Å². The molecule has 0 aromatic carbocycles. The number of halogens is 1. The second-order valence-corrected chi connectivity index (χ2v) is 5.90. The Labute approximate surface area is 125 Å².